The third-order valence-corrected chi connectivity index (χ3v) is 5.25. The summed E-state index contributed by atoms with van der Waals surface area (Å²) in [5.74, 6) is 2.52. The standard InChI is InChI=1S/C24H24N4O4/c1-15(2)31-20-10-6-17(7-11-20)23-25-24(32-27-23)21-12-18-14-30-22(13-28(18)26-21)16-4-8-19(29-3)9-5-16/h4-12,15,22H,13-14H2,1-3H3. The van der Waals surface area contributed by atoms with Crippen LogP contribution in [0.25, 0.3) is 23.0 Å². The molecular weight excluding hydrogens is 408 g/mol. The molecule has 0 spiro atoms. The second-order valence-corrected chi connectivity index (χ2v) is 7.89. The molecule has 32 heavy (non-hydrogen) atoms. The summed E-state index contributed by atoms with van der Waals surface area (Å²) < 4.78 is 24.4. The second kappa shape index (κ2) is 8.47. The van der Waals surface area contributed by atoms with Crippen molar-refractivity contribution in [2.45, 2.75) is 39.2 Å². The maximum absolute atomic E-state index is 6.05. The van der Waals surface area contributed by atoms with Gasteiger partial charge < -0.3 is 18.7 Å². The molecule has 3 heterocycles. The average Bonchev–Trinajstić information content (AvgIpc) is 3.46. The molecule has 164 valence electrons. The van der Waals surface area contributed by atoms with Crippen molar-refractivity contribution in [3.8, 4) is 34.5 Å². The molecule has 0 saturated carbocycles. The molecule has 0 N–H and O–H groups in total. The molecule has 2 aromatic heterocycles. The molecule has 1 aliphatic heterocycles. The number of benzene rings is 2. The van der Waals surface area contributed by atoms with E-state index >= 15 is 0 Å². The number of nitrogens with zero attached hydrogens (tertiary/aromatic N) is 4. The number of hydrogen-bond donors (Lipinski definition) is 0. The topological polar surface area (TPSA) is 84.4 Å². The highest BCUT2D eigenvalue weighted by molar-refractivity contribution is 5.59. The van der Waals surface area contributed by atoms with Gasteiger partial charge >= 0.3 is 0 Å². The lowest BCUT2D eigenvalue weighted by atomic mass is 10.1. The number of hydrogen-bond acceptors (Lipinski definition) is 7. The highest BCUT2D eigenvalue weighted by Crippen LogP contribution is 2.30. The molecule has 0 fully saturated rings. The first kappa shape index (κ1) is 20.3. The minimum absolute atomic E-state index is 0.0778. The molecule has 5 rings (SSSR count). The Morgan fingerprint density at radius 2 is 1.78 bits per heavy atom. The van der Waals surface area contributed by atoms with Crippen LogP contribution in [0.2, 0.25) is 0 Å². The minimum Gasteiger partial charge on any atom is -0.497 e. The van der Waals surface area contributed by atoms with E-state index in [0.29, 0.717) is 30.6 Å². The first-order valence-electron chi connectivity index (χ1n) is 10.5. The summed E-state index contributed by atoms with van der Waals surface area (Å²) in [6.07, 6.45) is 0.0452. The van der Waals surface area contributed by atoms with Gasteiger partial charge in [-0.15, -0.1) is 0 Å². The zero-order valence-electron chi connectivity index (χ0n) is 18.2. The van der Waals surface area contributed by atoms with Crippen molar-refractivity contribution in [2.24, 2.45) is 0 Å². The summed E-state index contributed by atoms with van der Waals surface area (Å²) >= 11 is 0. The molecule has 2 aromatic carbocycles. The molecule has 1 aliphatic rings. The van der Waals surface area contributed by atoms with Crippen LogP contribution in [-0.2, 0) is 17.9 Å². The SMILES string of the molecule is COc1ccc(C2Cn3nc(-c4nc(-c5ccc(OC(C)C)cc5)no4)cc3CO2)cc1. The van der Waals surface area contributed by atoms with E-state index in [0.717, 1.165) is 28.3 Å². The van der Waals surface area contributed by atoms with E-state index in [1.807, 2.05) is 73.1 Å². The quantitative estimate of drug-likeness (QED) is 0.438. The van der Waals surface area contributed by atoms with Gasteiger partial charge in [-0.25, -0.2) is 0 Å². The summed E-state index contributed by atoms with van der Waals surface area (Å²) in [5.41, 5.74) is 3.54. The minimum atomic E-state index is -0.0778. The smallest absolute Gasteiger partial charge is 0.278 e. The van der Waals surface area contributed by atoms with Crippen molar-refractivity contribution in [2.75, 3.05) is 7.11 Å². The average molecular weight is 432 g/mol. The van der Waals surface area contributed by atoms with Gasteiger partial charge in [0.05, 0.1) is 32.1 Å². The number of aromatic nitrogens is 4. The molecule has 0 amide bonds. The fraction of sp³-hybridized carbons (Fsp3) is 0.292. The van der Waals surface area contributed by atoms with Crippen LogP contribution in [0.3, 0.4) is 0 Å². The Hall–Kier alpha value is -3.65. The number of rotatable bonds is 6. The van der Waals surface area contributed by atoms with Crippen LogP contribution < -0.4 is 9.47 Å². The maximum Gasteiger partial charge on any atom is 0.278 e. The van der Waals surface area contributed by atoms with E-state index in [9.17, 15) is 0 Å². The van der Waals surface area contributed by atoms with Gasteiger partial charge in [0.25, 0.3) is 5.89 Å². The monoisotopic (exact) mass is 432 g/mol. The molecule has 8 heteroatoms. The lowest BCUT2D eigenvalue weighted by Crippen LogP contribution is -2.21. The van der Waals surface area contributed by atoms with Gasteiger partial charge in [-0.1, -0.05) is 17.3 Å². The first-order chi connectivity index (χ1) is 15.6. The normalized spacial score (nSPS) is 15.6. The largest absolute Gasteiger partial charge is 0.497 e. The molecule has 1 atom stereocenters. The summed E-state index contributed by atoms with van der Waals surface area (Å²) in [5, 5.41) is 8.80. The Bertz CT molecular complexity index is 1200. The molecule has 0 radical (unpaired) electrons. The van der Waals surface area contributed by atoms with Crippen LogP contribution in [0, 0.1) is 0 Å². The fourth-order valence-corrected chi connectivity index (χ4v) is 3.65. The summed E-state index contributed by atoms with van der Waals surface area (Å²) in [6.45, 7) is 5.06. The molecule has 4 aromatic rings. The Labute approximate surface area is 185 Å². The van der Waals surface area contributed by atoms with E-state index in [4.69, 9.17) is 18.7 Å². The van der Waals surface area contributed by atoms with E-state index < -0.39 is 0 Å². The molecule has 8 nitrogen and oxygen atoms in total. The van der Waals surface area contributed by atoms with Gasteiger partial charge in [0.15, 0.2) is 5.69 Å². The van der Waals surface area contributed by atoms with Crippen molar-refractivity contribution in [3.05, 3.63) is 65.9 Å². The van der Waals surface area contributed by atoms with Gasteiger partial charge in [-0.3, -0.25) is 4.68 Å². The fourth-order valence-electron chi connectivity index (χ4n) is 3.65. The Kier molecular flexibility index (Phi) is 5.36. The third kappa shape index (κ3) is 4.09. The van der Waals surface area contributed by atoms with E-state index in [2.05, 4.69) is 15.2 Å². The Balaban J connectivity index is 1.32. The van der Waals surface area contributed by atoms with Crippen molar-refractivity contribution in [1.29, 1.82) is 0 Å². The van der Waals surface area contributed by atoms with E-state index in [-0.39, 0.29) is 12.2 Å². The van der Waals surface area contributed by atoms with Crippen LogP contribution in [0.15, 0.2) is 59.1 Å². The van der Waals surface area contributed by atoms with Crippen molar-refractivity contribution >= 4 is 0 Å². The van der Waals surface area contributed by atoms with Crippen molar-refractivity contribution in [1.82, 2.24) is 19.9 Å². The Morgan fingerprint density at radius 3 is 2.50 bits per heavy atom. The van der Waals surface area contributed by atoms with Crippen LogP contribution >= 0.6 is 0 Å². The van der Waals surface area contributed by atoms with Crippen molar-refractivity contribution < 1.29 is 18.7 Å². The van der Waals surface area contributed by atoms with Crippen LogP contribution in [0.4, 0.5) is 0 Å². The summed E-state index contributed by atoms with van der Waals surface area (Å²) in [7, 11) is 1.66. The Morgan fingerprint density at radius 1 is 1.03 bits per heavy atom. The lowest BCUT2D eigenvalue weighted by molar-refractivity contribution is -0.00115. The van der Waals surface area contributed by atoms with Crippen molar-refractivity contribution in [3.63, 3.8) is 0 Å². The first-order valence-corrected chi connectivity index (χ1v) is 10.5. The van der Waals surface area contributed by atoms with Gasteiger partial charge in [0, 0.05) is 5.56 Å². The predicted molar refractivity (Wildman–Crippen MR) is 117 cm³/mol. The zero-order valence-corrected chi connectivity index (χ0v) is 18.2. The van der Waals surface area contributed by atoms with E-state index in [1.165, 1.54) is 0 Å². The predicted octanol–water partition coefficient (Wildman–Crippen LogP) is 4.67. The maximum atomic E-state index is 6.05. The summed E-state index contributed by atoms with van der Waals surface area (Å²) in [6, 6.07) is 17.5. The van der Waals surface area contributed by atoms with Gasteiger partial charge in [-0.05, 0) is 61.9 Å². The molecular formula is C24H24N4O4. The highest BCUT2D eigenvalue weighted by atomic mass is 16.5. The number of ether oxygens (including phenoxy) is 3. The third-order valence-electron chi connectivity index (χ3n) is 5.25. The van der Waals surface area contributed by atoms with Crippen LogP contribution in [-0.4, -0.2) is 33.1 Å². The molecule has 0 bridgehead atoms. The molecule has 0 saturated heterocycles. The van der Waals surface area contributed by atoms with Gasteiger partial charge in [-0.2, -0.15) is 10.1 Å². The lowest BCUT2D eigenvalue weighted by Gasteiger charge is -2.24. The molecule has 1 unspecified atom stereocenters. The summed E-state index contributed by atoms with van der Waals surface area (Å²) in [4.78, 5) is 4.53. The highest BCUT2D eigenvalue weighted by Gasteiger charge is 2.24. The van der Waals surface area contributed by atoms with Crippen LogP contribution in [0.5, 0.6) is 11.5 Å². The van der Waals surface area contributed by atoms with Crippen LogP contribution in [0.1, 0.15) is 31.2 Å². The number of fused-ring (bicyclic) bond motifs is 1. The number of methoxy groups -OCH3 is 1. The van der Waals surface area contributed by atoms with E-state index in [1.54, 1.807) is 7.11 Å². The van der Waals surface area contributed by atoms with Gasteiger partial charge in [0.1, 0.15) is 17.6 Å². The van der Waals surface area contributed by atoms with Gasteiger partial charge in [0.2, 0.25) is 5.82 Å². The zero-order chi connectivity index (χ0) is 22.1. The second-order valence-electron chi connectivity index (χ2n) is 7.89. The molecule has 0 aliphatic carbocycles.